The quantitative estimate of drug-likeness (QED) is 0.0752. The number of alkyl halides is 3. The van der Waals surface area contributed by atoms with Gasteiger partial charge in [-0.2, -0.15) is 0 Å². The summed E-state index contributed by atoms with van der Waals surface area (Å²) >= 11 is 17.0. The van der Waals surface area contributed by atoms with E-state index >= 15 is 0 Å². The average molecular weight is 700 g/mol. The molecular weight excluding hydrogens is 655 g/mol. The van der Waals surface area contributed by atoms with Crippen molar-refractivity contribution in [3.63, 3.8) is 0 Å². The van der Waals surface area contributed by atoms with Gasteiger partial charge in [-0.25, -0.2) is 9.59 Å². The number of ether oxygens (including phenoxy) is 4. The van der Waals surface area contributed by atoms with Crippen LogP contribution in [0.4, 0.5) is 0 Å². The summed E-state index contributed by atoms with van der Waals surface area (Å²) in [5.74, 6) is -1.34. The summed E-state index contributed by atoms with van der Waals surface area (Å²) in [6, 6.07) is 19.3. The number of hydrogen-bond acceptors (Lipinski definition) is 7. The Morgan fingerprint density at radius 2 is 1.20 bits per heavy atom. The third-order valence-electron chi connectivity index (χ3n) is 7.31. The number of esters is 2. The van der Waals surface area contributed by atoms with Crippen LogP contribution in [-0.2, 0) is 46.2 Å². The van der Waals surface area contributed by atoms with Crippen molar-refractivity contribution < 1.29 is 33.0 Å². The first kappa shape index (κ1) is 39.0. The highest BCUT2D eigenvalue weighted by Gasteiger charge is 2.39. The first-order chi connectivity index (χ1) is 21.0. The summed E-state index contributed by atoms with van der Waals surface area (Å²) in [6.07, 6.45) is 3.22. The van der Waals surface area contributed by atoms with Gasteiger partial charge in [-0.15, -0.1) is 0 Å². The summed E-state index contributed by atoms with van der Waals surface area (Å²) in [6.45, 7) is 14.6. The minimum atomic E-state index is -2.12. The third-order valence-corrected chi connectivity index (χ3v) is 12.2. The molecule has 0 saturated heterocycles. The molecule has 0 bridgehead atoms. The second-order valence-corrected chi connectivity index (χ2v) is 19.5. The van der Waals surface area contributed by atoms with Gasteiger partial charge in [0, 0.05) is 12.2 Å². The van der Waals surface area contributed by atoms with Gasteiger partial charge in [0.1, 0.15) is 24.9 Å². The van der Waals surface area contributed by atoms with Crippen LogP contribution >= 0.6 is 34.8 Å². The van der Waals surface area contributed by atoms with Gasteiger partial charge in [0.05, 0.1) is 19.3 Å². The van der Waals surface area contributed by atoms with Crippen molar-refractivity contribution in [2.45, 2.75) is 94.2 Å². The lowest BCUT2D eigenvalue weighted by Gasteiger charge is -2.39. The molecule has 0 aliphatic rings. The number of carbonyl (C=O) groups is 2. The van der Waals surface area contributed by atoms with E-state index < -0.39 is 49.0 Å². The minimum Gasteiger partial charge on any atom is -0.458 e. The van der Waals surface area contributed by atoms with Gasteiger partial charge in [-0.05, 0) is 55.3 Å². The lowest BCUT2D eigenvalue weighted by Crippen LogP contribution is -2.46. The fourth-order valence-corrected chi connectivity index (χ4v) is 5.36. The summed E-state index contributed by atoms with van der Waals surface area (Å²) in [5, 5.41) is -0.000932. The standard InChI is InChI=1S/C34H45Cl3O7Si/c1-25(29(40-22-27-14-10-8-11-15-27)18-20-31(38)42-24-34(35,36)37)43-32(39)21-19-30(41-23-28-16-12-9-13-17-28)26(2)44-45(6,7)33(3,4)5/h8-21,25-26,29-30H,22-24H2,1-7H3/b20-18+,21-19+/t25-,26-,29+,30+/m0/s1. The number of carbonyl (C=O) groups excluding carboxylic acids is 2. The van der Waals surface area contributed by atoms with E-state index in [-0.39, 0.29) is 17.7 Å². The highest BCUT2D eigenvalue weighted by atomic mass is 35.6. The van der Waals surface area contributed by atoms with Crippen molar-refractivity contribution >= 4 is 55.1 Å². The zero-order valence-corrected chi connectivity index (χ0v) is 30.3. The Balaban J connectivity index is 2.16. The molecule has 0 aliphatic carbocycles. The topological polar surface area (TPSA) is 80.3 Å². The smallest absolute Gasteiger partial charge is 0.330 e. The predicted molar refractivity (Wildman–Crippen MR) is 183 cm³/mol. The van der Waals surface area contributed by atoms with Crippen LogP contribution in [0.2, 0.25) is 18.1 Å². The second-order valence-electron chi connectivity index (χ2n) is 12.2. The molecule has 45 heavy (non-hydrogen) atoms. The van der Waals surface area contributed by atoms with E-state index in [1.165, 1.54) is 12.2 Å². The van der Waals surface area contributed by atoms with Crippen molar-refractivity contribution in [1.29, 1.82) is 0 Å². The molecule has 0 radical (unpaired) electrons. The molecular formula is C34H45Cl3O7Si. The van der Waals surface area contributed by atoms with Gasteiger partial charge in [0.2, 0.25) is 3.79 Å². The number of rotatable bonds is 16. The molecule has 11 heteroatoms. The van der Waals surface area contributed by atoms with Crippen molar-refractivity contribution in [3.8, 4) is 0 Å². The SMILES string of the molecule is C[C@H](OC(=O)/C=C/[C@@H](OCc1ccccc1)[C@H](C)O[Si](C)(C)C(C)(C)C)[C@@H](/C=C/C(=O)OCC(Cl)(Cl)Cl)OCc1ccccc1. The van der Waals surface area contributed by atoms with E-state index in [0.29, 0.717) is 6.61 Å². The van der Waals surface area contributed by atoms with Gasteiger partial charge >= 0.3 is 11.9 Å². The fourth-order valence-electron chi connectivity index (χ4n) is 3.77. The molecule has 0 unspecified atom stereocenters. The van der Waals surface area contributed by atoms with E-state index in [4.69, 9.17) is 58.2 Å². The van der Waals surface area contributed by atoms with Crippen LogP contribution in [-0.4, -0.2) is 55.1 Å². The van der Waals surface area contributed by atoms with E-state index in [1.807, 2.05) is 67.6 Å². The Hall–Kier alpha value is -2.17. The molecule has 248 valence electrons. The van der Waals surface area contributed by atoms with Crippen molar-refractivity contribution in [1.82, 2.24) is 0 Å². The molecule has 0 fully saturated rings. The van der Waals surface area contributed by atoms with Crippen LogP contribution in [0.1, 0.15) is 45.7 Å². The molecule has 0 saturated carbocycles. The average Bonchev–Trinajstić information content (AvgIpc) is 2.95. The maximum atomic E-state index is 13.0. The van der Waals surface area contributed by atoms with Crippen LogP contribution in [0.25, 0.3) is 0 Å². The van der Waals surface area contributed by atoms with Crippen molar-refractivity contribution in [2.24, 2.45) is 0 Å². The zero-order valence-electron chi connectivity index (χ0n) is 27.0. The molecule has 7 nitrogen and oxygen atoms in total. The Morgan fingerprint density at radius 1 is 0.756 bits per heavy atom. The van der Waals surface area contributed by atoms with E-state index in [2.05, 4.69) is 33.9 Å². The molecule has 0 spiro atoms. The van der Waals surface area contributed by atoms with Crippen molar-refractivity contribution in [2.75, 3.05) is 6.61 Å². The molecule has 4 atom stereocenters. The van der Waals surface area contributed by atoms with Crippen LogP contribution in [0.15, 0.2) is 85.0 Å². The van der Waals surface area contributed by atoms with Crippen molar-refractivity contribution in [3.05, 3.63) is 96.1 Å². The Morgan fingerprint density at radius 3 is 1.64 bits per heavy atom. The summed E-state index contributed by atoms with van der Waals surface area (Å²) in [5.41, 5.74) is 1.91. The van der Waals surface area contributed by atoms with Crippen LogP contribution < -0.4 is 0 Å². The maximum absolute atomic E-state index is 13.0. The Labute approximate surface area is 283 Å². The molecule has 0 aliphatic heterocycles. The Bertz CT molecular complexity index is 1240. The molecule has 2 aromatic rings. The lowest BCUT2D eigenvalue weighted by molar-refractivity contribution is -0.148. The van der Waals surface area contributed by atoms with Gasteiger partial charge < -0.3 is 23.4 Å². The van der Waals surface area contributed by atoms with Crippen LogP contribution in [0, 0.1) is 0 Å². The molecule has 0 aromatic heterocycles. The van der Waals surface area contributed by atoms with Gasteiger partial charge in [0.15, 0.2) is 8.32 Å². The Kier molecular flexibility index (Phi) is 15.8. The molecule has 2 aromatic carbocycles. The first-order valence-corrected chi connectivity index (χ1v) is 18.8. The molecule has 0 heterocycles. The highest BCUT2D eigenvalue weighted by Crippen LogP contribution is 2.38. The summed E-state index contributed by atoms with van der Waals surface area (Å²) < 4.78 is 27.7. The predicted octanol–water partition coefficient (Wildman–Crippen LogP) is 8.53. The van der Waals surface area contributed by atoms with E-state index in [0.717, 1.165) is 17.2 Å². The second kappa shape index (κ2) is 18.2. The fraction of sp³-hybridized carbons (Fsp3) is 0.471. The van der Waals surface area contributed by atoms with Gasteiger partial charge in [-0.3, -0.25) is 0 Å². The molecule has 0 N–H and O–H groups in total. The monoisotopic (exact) mass is 698 g/mol. The largest absolute Gasteiger partial charge is 0.458 e. The first-order valence-electron chi connectivity index (χ1n) is 14.8. The van der Waals surface area contributed by atoms with E-state index in [9.17, 15) is 9.59 Å². The lowest BCUT2D eigenvalue weighted by atomic mass is 10.2. The molecule has 0 amide bonds. The minimum absolute atomic E-state index is 0.000932. The highest BCUT2D eigenvalue weighted by molar-refractivity contribution is 6.74. The van der Waals surface area contributed by atoms with Crippen LogP contribution in [0.3, 0.4) is 0 Å². The maximum Gasteiger partial charge on any atom is 0.330 e. The van der Waals surface area contributed by atoms with E-state index in [1.54, 1.807) is 13.0 Å². The zero-order chi connectivity index (χ0) is 33.7. The number of hydrogen-bond donors (Lipinski definition) is 0. The van der Waals surface area contributed by atoms with Gasteiger partial charge in [0.25, 0.3) is 0 Å². The molecule has 2 rings (SSSR count). The summed E-state index contributed by atoms with van der Waals surface area (Å²) in [7, 11) is -2.12. The summed E-state index contributed by atoms with van der Waals surface area (Å²) in [4.78, 5) is 25.2. The van der Waals surface area contributed by atoms with Gasteiger partial charge in [-0.1, -0.05) is 116 Å². The van der Waals surface area contributed by atoms with Crippen LogP contribution in [0.5, 0.6) is 0 Å². The normalized spacial score (nSPS) is 15.5. The number of benzene rings is 2. The number of halogens is 3. The third kappa shape index (κ3) is 15.3.